The predicted octanol–water partition coefficient (Wildman–Crippen LogP) is 1.30. The molecule has 118 valence electrons. The average Bonchev–Trinajstić information content (AvgIpc) is 2.43. The molecule has 0 radical (unpaired) electrons. The molecule has 7 heteroatoms. The highest BCUT2D eigenvalue weighted by Gasteiger charge is 2.24. The second-order valence-electron chi connectivity index (χ2n) is 5.52. The van der Waals surface area contributed by atoms with E-state index in [1.165, 1.54) is 12.1 Å². The highest BCUT2D eigenvalue weighted by Crippen LogP contribution is 2.18. The van der Waals surface area contributed by atoms with Crippen LogP contribution < -0.4 is 15.8 Å². The number of primary amides is 1. The van der Waals surface area contributed by atoms with E-state index < -0.39 is 21.3 Å². The van der Waals surface area contributed by atoms with Crippen LogP contribution in [0.15, 0.2) is 29.2 Å². The summed E-state index contributed by atoms with van der Waals surface area (Å²) in [5.74, 6) is -0.391. The highest BCUT2D eigenvalue weighted by molar-refractivity contribution is 7.89. The zero-order chi connectivity index (χ0) is 16.1. The molecule has 4 N–H and O–H groups in total. The molecule has 0 aliphatic rings. The second-order valence-corrected chi connectivity index (χ2v) is 7.29. The third-order valence-corrected chi connectivity index (χ3v) is 4.59. The fraction of sp³-hybridized carbons (Fsp3) is 0.500. The molecule has 0 spiro atoms. The monoisotopic (exact) mass is 313 g/mol. The minimum atomic E-state index is -3.45. The first kappa shape index (κ1) is 17.5. The van der Waals surface area contributed by atoms with Crippen LogP contribution >= 0.6 is 0 Å². The molecule has 0 saturated carbocycles. The Morgan fingerprint density at radius 2 is 1.81 bits per heavy atom. The van der Waals surface area contributed by atoms with E-state index in [0.717, 1.165) is 12.1 Å². The fourth-order valence-corrected chi connectivity index (χ4v) is 2.62. The van der Waals surface area contributed by atoms with Crippen LogP contribution in [0.1, 0.15) is 27.2 Å². The van der Waals surface area contributed by atoms with E-state index in [1.807, 2.05) is 6.92 Å². The van der Waals surface area contributed by atoms with Crippen LogP contribution in [0.2, 0.25) is 0 Å². The smallest absolute Gasteiger partial charge is 0.240 e. The van der Waals surface area contributed by atoms with Gasteiger partial charge in [0.1, 0.15) is 0 Å². The van der Waals surface area contributed by atoms with Gasteiger partial charge in [-0.2, -0.15) is 0 Å². The van der Waals surface area contributed by atoms with Gasteiger partial charge in [0, 0.05) is 18.8 Å². The van der Waals surface area contributed by atoms with Crippen molar-refractivity contribution in [2.45, 2.75) is 32.1 Å². The van der Waals surface area contributed by atoms with Crippen molar-refractivity contribution in [3.8, 4) is 0 Å². The van der Waals surface area contributed by atoms with Gasteiger partial charge in [-0.05, 0) is 44.5 Å². The van der Waals surface area contributed by atoms with E-state index in [0.29, 0.717) is 13.1 Å². The van der Waals surface area contributed by atoms with Crippen LogP contribution in [0.4, 0.5) is 5.69 Å². The summed E-state index contributed by atoms with van der Waals surface area (Å²) in [6.07, 6.45) is 0.737. The van der Waals surface area contributed by atoms with Crippen molar-refractivity contribution in [3.05, 3.63) is 24.3 Å². The standard InChI is InChI=1S/C14H23N3O3S/c1-4-9-17-21(19,20)12-7-5-11(6-8-12)16-10-14(2,3)13(15)18/h5-8,16-17H,4,9-10H2,1-3H3,(H2,15,18). The van der Waals surface area contributed by atoms with Gasteiger partial charge in [0.15, 0.2) is 0 Å². The van der Waals surface area contributed by atoms with E-state index in [4.69, 9.17) is 5.73 Å². The predicted molar refractivity (Wildman–Crippen MR) is 83.4 cm³/mol. The lowest BCUT2D eigenvalue weighted by Gasteiger charge is -2.21. The zero-order valence-corrected chi connectivity index (χ0v) is 13.5. The summed E-state index contributed by atoms with van der Waals surface area (Å²) in [6.45, 7) is 6.18. The molecule has 1 aromatic carbocycles. The Hall–Kier alpha value is -1.60. The molecule has 0 aliphatic carbocycles. The number of carbonyl (C=O) groups is 1. The Morgan fingerprint density at radius 1 is 1.24 bits per heavy atom. The molecule has 1 rings (SSSR count). The Morgan fingerprint density at radius 3 is 2.29 bits per heavy atom. The van der Waals surface area contributed by atoms with Crippen LogP contribution in [-0.4, -0.2) is 27.4 Å². The number of rotatable bonds is 8. The van der Waals surface area contributed by atoms with Crippen molar-refractivity contribution in [2.24, 2.45) is 11.1 Å². The molecule has 0 saturated heterocycles. The van der Waals surface area contributed by atoms with E-state index in [2.05, 4.69) is 10.0 Å². The van der Waals surface area contributed by atoms with Gasteiger partial charge in [-0.1, -0.05) is 6.92 Å². The molecule has 0 fully saturated rings. The van der Waals surface area contributed by atoms with Crippen molar-refractivity contribution < 1.29 is 13.2 Å². The maximum absolute atomic E-state index is 11.9. The van der Waals surface area contributed by atoms with E-state index >= 15 is 0 Å². The van der Waals surface area contributed by atoms with Gasteiger partial charge in [-0.15, -0.1) is 0 Å². The third kappa shape index (κ3) is 5.02. The van der Waals surface area contributed by atoms with Crippen LogP contribution in [-0.2, 0) is 14.8 Å². The van der Waals surface area contributed by atoms with Gasteiger partial charge in [0.25, 0.3) is 0 Å². The molecule has 6 nitrogen and oxygen atoms in total. The van der Waals surface area contributed by atoms with Crippen molar-refractivity contribution in [1.82, 2.24) is 4.72 Å². The van der Waals surface area contributed by atoms with E-state index in [9.17, 15) is 13.2 Å². The number of amides is 1. The van der Waals surface area contributed by atoms with Crippen LogP contribution in [0.25, 0.3) is 0 Å². The maximum Gasteiger partial charge on any atom is 0.240 e. The van der Waals surface area contributed by atoms with Gasteiger partial charge in [0.2, 0.25) is 15.9 Å². The van der Waals surface area contributed by atoms with Crippen molar-refractivity contribution in [3.63, 3.8) is 0 Å². The third-order valence-electron chi connectivity index (χ3n) is 3.11. The average molecular weight is 313 g/mol. The summed E-state index contributed by atoms with van der Waals surface area (Å²) in [5.41, 5.74) is 5.36. The molecule has 0 atom stereocenters. The number of hydrogen-bond acceptors (Lipinski definition) is 4. The molecular weight excluding hydrogens is 290 g/mol. The lowest BCUT2D eigenvalue weighted by atomic mass is 9.93. The Labute approximate surface area is 126 Å². The van der Waals surface area contributed by atoms with Crippen molar-refractivity contribution in [1.29, 1.82) is 0 Å². The number of nitrogens with one attached hydrogen (secondary N) is 2. The number of nitrogens with two attached hydrogens (primary N) is 1. The zero-order valence-electron chi connectivity index (χ0n) is 12.6. The minimum absolute atomic E-state index is 0.218. The first-order valence-electron chi connectivity index (χ1n) is 6.82. The number of anilines is 1. The largest absolute Gasteiger partial charge is 0.384 e. The van der Waals surface area contributed by atoms with Gasteiger partial charge in [-0.25, -0.2) is 13.1 Å². The van der Waals surface area contributed by atoms with Crippen LogP contribution in [0.3, 0.4) is 0 Å². The summed E-state index contributed by atoms with van der Waals surface area (Å²) >= 11 is 0. The summed E-state index contributed by atoms with van der Waals surface area (Å²) in [6, 6.07) is 6.38. The van der Waals surface area contributed by atoms with Gasteiger partial charge >= 0.3 is 0 Å². The lowest BCUT2D eigenvalue weighted by Crippen LogP contribution is -2.37. The van der Waals surface area contributed by atoms with Crippen LogP contribution in [0, 0.1) is 5.41 Å². The molecule has 0 aromatic heterocycles. The minimum Gasteiger partial charge on any atom is -0.384 e. The fourth-order valence-electron chi connectivity index (χ4n) is 1.48. The van der Waals surface area contributed by atoms with Crippen LogP contribution in [0.5, 0.6) is 0 Å². The molecule has 0 heterocycles. The van der Waals surface area contributed by atoms with E-state index in [-0.39, 0.29) is 4.90 Å². The van der Waals surface area contributed by atoms with E-state index in [1.54, 1.807) is 26.0 Å². The topological polar surface area (TPSA) is 101 Å². The van der Waals surface area contributed by atoms with Gasteiger partial charge in [0.05, 0.1) is 10.3 Å². The normalized spacial score (nSPS) is 12.1. The Bertz CT molecular complexity index is 580. The maximum atomic E-state index is 11.9. The highest BCUT2D eigenvalue weighted by atomic mass is 32.2. The first-order chi connectivity index (χ1) is 9.69. The first-order valence-corrected chi connectivity index (χ1v) is 8.31. The van der Waals surface area contributed by atoms with Crippen molar-refractivity contribution in [2.75, 3.05) is 18.4 Å². The second kappa shape index (κ2) is 6.91. The lowest BCUT2D eigenvalue weighted by molar-refractivity contribution is -0.125. The number of hydrogen-bond donors (Lipinski definition) is 3. The van der Waals surface area contributed by atoms with Gasteiger partial charge in [-0.3, -0.25) is 4.79 Å². The Balaban J connectivity index is 2.73. The number of benzene rings is 1. The molecule has 21 heavy (non-hydrogen) atoms. The quantitative estimate of drug-likeness (QED) is 0.673. The summed E-state index contributed by atoms with van der Waals surface area (Å²) in [5, 5.41) is 3.07. The molecular formula is C14H23N3O3S. The molecule has 0 unspecified atom stereocenters. The summed E-state index contributed by atoms with van der Waals surface area (Å²) in [4.78, 5) is 11.4. The van der Waals surface area contributed by atoms with Crippen molar-refractivity contribution >= 4 is 21.6 Å². The molecule has 0 bridgehead atoms. The number of sulfonamides is 1. The SMILES string of the molecule is CCCNS(=O)(=O)c1ccc(NCC(C)(C)C(N)=O)cc1. The molecule has 0 aliphatic heterocycles. The Kier molecular flexibility index (Phi) is 5.74. The summed E-state index contributed by atoms with van der Waals surface area (Å²) < 4.78 is 26.3. The molecule has 1 aromatic rings. The molecule has 1 amide bonds. The summed E-state index contributed by atoms with van der Waals surface area (Å²) in [7, 11) is -3.45. The van der Waals surface area contributed by atoms with Gasteiger partial charge < -0.3 is 11.1 Å². The number of carbonyl (C=O) groups excluding carboxylic acids is 1.